The third-order valence-corrected chi connectivity index (χ3v) is 3.26. The lowest BCUT2D eigenvalue weighted by Gasteiger charge is -2.12. The molecule has 0 spiro atoms. The predicted molar refractivity (Wildman–Crippen MR) is 89.0 cm³/mol. The molecule has 2 aromatic carbocycles. The van der Waals surface area contributed by atoms with Crippen molar-refractivity contribution in [3.05, 3.63) is 60.2 Å². The Bertz CT molecular complexity index is 585. The number of nitrogens with one attached hydrogen (secondary N) is 2. The molecule has 0 saturated carbocycles. The fourth-order valence-electron chi connectivity index (χ4n) is 2.08. The Morgan fingerprint density at radius 1 is 1.05 bits per heavy atom. The van der Waals surface area contributed by atoms with E-state index in [2.05, 4.69) is 10.6 Å². The summed E-state index contributed by atoms with van der Waals surface area (Å²) in [7, 11) is 1.88. The Morgan fingerprint density at radius 3 is 2.55 bits per heavy atom. The molecule has 2 aromatic rings. The van der Waals surface area contributed by atoms with Gasteiger partial charge in [-0.1, -0.05) is 36.4 Å². The molecule has 0 unspecified atom stereocenters. The monoisotopic (exact) mass is 298 g/mol. The smallest absolute Gasteiger partial charge is 0.224 e. The fourth-order valence-corrected chi connectivity index (χ4v) is 2.08. The molecule has 0 aromatic heterocycles. The van der Waals surface area contributed by atoms with Gasteiger partial charge < -0.3 is 15.4 Å². The zero-order valence-corrected chi connectivity index (χ0v) is 12.8. The molecule has 0 heterocycles. The van der Waals surface area contributed by atoms with Gasteiger partial charge in [0.05, 0.1) is 0 Å². The van der Waals surface area contributed by atoms with Crippen molar-refractivity contribution in [2.75, 3.05) is 18.9 Å². The van der Waals surface area contributed by atoms with Gasteiger partial charge >= 0.3 is 0 Å². The highest BCUT2D eigenvalue weighted by molar-refractivity contribution is 5.91. The molecule has 1 amide bonds. The van der Waals surface area contributed by atoms with Crippen LogP contribution < -0.4 is 15.4 Å². The molecule has 0 aliphatic heterocycles. The van der Waals surface area contributed by atoms with Crippen LogP contribution in [0.5, 0.6) is 5.75 Å². The molecular weight excluding hydrogens is 276 g/mol. The number of hydrogen-bond donors (Lipinski definition) is 2. The summed E-state index contributed by atoms with van der Waals surface area (Å²) in [5, 5.41) is 6.00. The Kier molecular flexibility index (Phi) is 6.45. The van der Waals surface area contributed by atoms with Crippen molar-refractivity contribution < 1.29 is 9.53 Å². The van der Waals surface area contributed by atoms with E-state index in [0.717, 1.165) is 30.0 Å². The summed E-state index contributed by atoms with van der Waals surface area (Å²) >= 11 is 0. The normalized spacial score (nSPS) is 10.2. The minimum absolute atomic E-state index is 0.0300. The first-order valence-corrected chi connectivity index (χ1v) is 7.50. The number of carbonyl (C=O) groups excluding carboxylic acids is 1. The number of amides is 1. The van der Waals surface area contributed by atoms with Crippen LogP contribution in [0.3, 0.4) is 0 Å². The molecule has 2 rings (SSSR count). The van der Waals surface area contributed by atoms with Gasteiger partial charge in [0.1, 0.15) is 12.4 Å². The number of rotatable bonds is 8. The summed E-state index contributed by atoms with van der Waals surface area (Å²) in [5.41, 5.74) is 1.78. The maximum absolute atomic E-state index is 11.9. The Hall–Kier alpha value is -2.33. The fraction of sp³-hybridized carbons (Fsp3) is 0.278. The van der Waals surface area contributed by atoms with E-state index in [-0.39, 0.29) is 5.91 Å². The van der Waals surface area contributed by atoms with Crippen LogP contribution in [0.4, 0.5) is 5.69 Å². The molecule has 4 heteroatoms. The van der Waals surface area contributed by atoms with Gasteiger partial charge in [-0.15, -0.1) is 0 Å². The van der Waals surface area contributed by atoms with Crippen LogP contribution in [-0.2, 0) is 11.4 Å². The Balaban J connectivity index is 1.93. The molecule has 116 valence electrons. The topological polar surface area (TPSA) is 50.4 Å². The Labute approximate surface area is 131 Å². The molecular formula is C18H22N2O2. The molecule has 0 saturated heterocycles. The molecule has 0 radical (unpaired) electrons. The molecule has 0 fully saturated rings. The first kappa shape index (κ1) is 16.0. The molecule has 22 heavy (non-hydrogen) atoms. The summed E-state index contributed by atoms with van der Waals surface area (Å²) in [6.45, 7) is 1.27. The lowest BCUT2D eigenvalue weighted by atomic mass is 10.2. The number of benzene rings is 2. The van der Waals surface area contributed by atoms with E-state index in [1.165, 1.54) is 0 Å². The van der Waals surface area contributed by atoms with Crippen molar-refractivity contribution in [1.29, 1.82) is 0 Å². The van der Waals surface area contributed by atoms with E-state index in [1.807, 2.05) is 61.6 Å². The molecule has 0 aliphatic carbocycles. The Morgan fingerprint density at radius 2 is 1.77 bits per heavy atom. The lowest BCUT2D eigenvalue weighted by Crippen LogP contribution is -2.16. The van der Waals surface area contributed by atoms with Crippen molar-refractivity contribution in [2.45, 2.75) is 19.4 Å². The molecule has 0 bridgehead atoms. The van der Waals surface area contributed by atoms with Crippen LogP contribution in [0.25, 0.3) is 0 Å². The summed E-state index contributed by atoms with van der Waals surface area (Å²) in [5.74, 6) is 0.847. The van der Waals surface area contributed by atoms with Crippen LogP contribution in [0.1, 0.15) is 18.4 Å². The lowest BCUT2D eigenvalue weighted by molar-refractivity contribution is -0.116. The van der Waals surface area contributed by atoms with Crippen LogP contribution in [0, 0.1) is 0 Å². The average molecular weight is 298 g/mol. The van der Waals surface area contributed by atoms with Gasteiger partial charge in [0.2, 0.25) is 5.91 Å². The summed E-state index contributed by atoms with van der Waals surface area (Å²) in [6.07, 6.45) is 1.33. The van der Waals surface area contributed by atoms with Gasteiger partial charge in [-0.05, 0) is 38.2 Å². The first-order chi connectivity index (χ1) is 10.8. The summed E-state index contributed by atoms with van der Waals surface area (Å²) in [4.78, 5) is 11.9. The van der Waals surface area contributed by atoms with Gasteiger partial charge in [0.25, 0.3) is 0 Å². The zero-order chi connectivity index (χ0) is 15.6. The van der Waals surface area contributed by atoms with Gasteiger partial charge in [-0.3, -0.25) is 4.79 Å². The second-order valence-corrected chi connectivity index (χ2v) is 5.01. The molecule has 0 atom stereocenters. The van der Waals surface area contributed by atoms with Crippen LogP contribution >= 0.6 is 0 Å². The van der Waals surface area contributed by atoms with Crippen molar-refractivity contribution in [1.82, 2.24) is 5.32 Å². The standard InChI is InChI=1S/C18H22N2O2/c1-19-13-7-12-18(21)20-17-11-6-5-8-15(17)14-22-16-9-3-2-4-10-16/h2-6,8-11,19H,7,12-14H2,1H3,(H,20,21). The summed E-state index contributed by atoms with van der Waals surface area (Å²) < 4.78 is 5.75. The van der Waals surface area contributed by atoms with E-state index >= 15 is 0 Å². The van der Waals surface area contributed by atoms with Crippen LogP contribution in [-0.4, -0.2) is 19.5 Å². The highest BCUT2D eigenvalue weighted by Gasteiger charge is 2.07. The molecule has 0 aliphatic rings. The quantitative estimate of drug-likeness (QED) is 0.736. The van der Waals surface area contributed by atoms with Crippen molar-refractivity contribution in [2.24, 2.45) is 0 Å². The van der Waals surface area contributed by atoms with Crippen molar-refractivity contribution in [3.63, 3.8) is 0 Å². The first-order valence-electron chi connectivity index (χ1n) is 7.50. The minimum Gasteiger partial charge on any atom is -0.489 e. The maximum Gasteiger partial charge on any atom is 0.224 e. The van der Waals surface area contributed by atoms with E-state index in [4.69, 9.17) is 4.74 Å². The minimum atomic E-state index is 0.0300. The van der Waals surface area contributed by atoms with Crippen LogP contribution in [0.15, 0.2) is 54.6 Å². The second kappa shape index (κ2) is 8.85. The number of hydrogen-bond acceptors (Lipinski definition) is 3. The number of anilines is 1. The predicted octanol–water partition coefficient (Wildman–Crippen LogP) is 3.20. The van der Waals surface area contributed by atoms with Crippen molar-refractivity contribution in [3.8, 4) is 5.75 Å². The second-order valence-electron chi connectivity index (χ2n) is 5.01. The average Bonchev–Trinajstić information content (AvgIpc) is 2.55. The van der Waals surface area contributed by atoms with Gasteiger partial charge in [-0.25, -0.2) is 0 Å². The van der Waals surface area contributed by atoms with E-state index in [9.17, 15) is 4.79 Å². The van der Waals surface area contributed by atoms with E-state index in [1.54, 1.807) is 0 Å². The molecule has 2 N–H and O–H groups in total. The highest BCUT2D eigenvalue weighted by atomic mass is 16.5. The maximum atomic E-state index is 11.9. The van der Waals surface area contributed by atoms with Gasteiger partial charge in [0.15, 0.2) is 0 Å². The van der Waals surface area contributed by atoms with Gasteiger partial charge in [-0.2, -0.15) is 0 Å². The van der Waals surface area contributed by atoms with Crippen LogP contribution in [0.2, 0.25) is 0 Å². The van der Waals surface area contributed by atoms with E-state index in [0.29, 0.717) is 13.0 Å². The number of para-hydroxylation sites is 2. The van der Waals surface area contributed by atoms with Gasteiger partial charge in [0, 0.05) is 17.7 Å². The van der Waals surface area contributed by atoms with E-state index < -0.39 is 0 Å². The number of carbonyl (C=O) groups is 1. The zero-order valence-electron chi connectivity index (χ0n) is 12.8. The van der Waals surface area contributed by atoms with Crippen molar-refractivity contribution >= 4 is 11.6 Å². The number of ether oxygens (including phenoxy) is 1. The molecule has 4 nitrogen and oxygen atoms in total. The summed E-state index contributed by atoms with van der Waals surface area (Å²) in [6, 6.07) is 17.4. The SMILES string of the molecule is CNCCCC(=O)Nc1ccccc1COc1ccccc1. The largest absolute Gasteiger partial charge is 0.489 e. The third-order valence-electron chi connectivity index (χ3n) is 3.26. The third kappa shape index (κ3) is 5.22. The highest BCUT2D eigenvalue weighted by Crippen LogP contribution is 2.18.